The van der Waals surface area contributed by atoms with Crippen LogP contribution in [0.5, 0.6) is 0 Å². The van der Waals surface area contributed by atoms with E-state index in [1.807, 2.05) is 0 Å². The van der Waals surface area contributed by atoms with E-state index in [4.69, 9.17) is 5.11 Å². The van der Waals surface area contributed by atoms with E-state index in [1.54, 1.807) is 0 Å². The van der Waals surface area contributed by atoms with Gasteiger partial charge in [0.15, 0.2) is 11.6 Å². The number of unbranched alkanes of at least 4 members (excludes halogenated alkanes) is 4. The van der Waals surface area contributed by atoms with E-state index in [9.17, 15) is 19.2 Å². The van der Waals surface area contributed by atoms with Crippen LogP contribution in [-0.4, -0.2) is 35.1 Å². The molecule has 0 bridgehead atoms. The Morgan fingerprint density at radius 1 is 0.800 bits per heavy atom. The topological polar surface area (TPSA) is 101 Å². The number of nitrogens with one attached hydrogen (secondary N) is 1. The molecule has 1 aromatic rings. The van der Waals surface area contributed by atoms with E-state index in [0.29, 0.717) is 29.7 Å². The Bertz CT molecular complexity index is 619. The quantitative estimate of drug-likeness (QED) is 0.473. The van der Waals surface area contributed by atoms with Gasteiger partial charge in [0.1, 0.15) is 0 Å². The number of rotatable bonds is 11. The summed E-state index contributed by atoms with van der Waals surface area (Å²) in [6.45, 7) is 3.29. The molecule has 136 valence electrons. The summed E-state index contributed by atoms with van der Waals surface area (Å²) in [5, 5.41) is 11.3. The highest BCUT2D eigenvalue weighted by Gasteiger charge is 2.12. The van der Waals surface area contributed by atoms with Gasteiger partial charge in [-0.2, -0.15) is 0 Å². The number of carbonyl (C=O) groups is 4. The van der Waals surface area contributed by atoms with Crippen LogP contribution in [0.4, 0.5) is 0 Å². The predicted octanol–water partition coefficient (Wildman–Crippen LogP) is 3.25. The Labute approximate surface area is 147 Å². The van der Waals surface area contributed by atoms with Crippen molar-refractivity contribution in [3.63, 3.8) is 0 Å². The summed E-state index contributed by atoms with van der Waals surface area (Å²) in [5.41, 5.74) is 0.993. The number of benzene rings is 1. The third-order valence-corrected chi connectivity index (χ3v) is 3.86. The van der Waals surface area contributed by atoms with Crippen LogP contribution in [-0.2, 0) is 4.79 Å². The van der Waals surface area contributed by atoms with E-state index < -0.39 is 5.97 Å². The van der Waals surface area contributed by atoms with E-state index in [2.05, 4.69) is 5.32 Å². The second kappa shape index (κ2) is 10.4. The summed E-state index contributed by atoms with van der Waals surface area (Å²) in [5.74, 6) is -1.47. The Hall–Kier alpha value is -2.50. The van der Waals surface area contributed by atoms with Gasteiger partial charge >= 0.3 is 5.97 Å². The first kappa shape index (κ1) is 20.5. The molecule has 0 aromatic heterocycles. The number of carbonyl (C=O) groups excluding carboxylic acids is 3. The van der Waals surface area contributed by atoms with E-state index in [1.165, 1.54) is 32.0 Å². The van der Waals surface area contributed by atoms with Crippen molar-refractivity contribution < 1.29 is 24.3 Å². The average Bonchev–Trinajstić information content (AvgIpc) is 2.56. The van der Waals surface area contributed by atoms with E-state index >= 15 is 0 Å². The number of aliphatic carboxylic acids is 1. The summed E-state index contributed by atoms with van der Waals surface area (Å²) in [6.07, 6.45) is 4.37. The maximum absolute atomic E-state index is 12.2. The van der Waals surface area contributed by atoms with Crippen molar-refractivity contribution >= 4 is 23.4 Å². The van der Waals surface area contributed by atoms with Crippen molar-refractivity contribution in [1.82, 2.24) is 5.32 Å². The third kappa shape index (κ3) is 7.74. The van der Waals surface area contributed by atoms with Gasteiger partial charge in [0.2, 0.25) is 0 Å². The van der Waals surface area contributed by atoms with Gasteiger partial charge in [-0.1, -0.05) is 19.3 Å². The first-order chi connectivity index (χ1) is 11.8. The lowest BCUT2D eigenvalue weighted by molar-refractivity contribution is -0.137. The van der Waals surface area contributed by atoms with Crippen LogP contribution < -0.4 is 5.32 Å². The fraction of sp³-hybridized carbons (Fsp3) is 0.474. The molecular formula is C19H25NO5. The molecule has 0 fully saturated rings. The molecule has 0 saturated heterocycles. The molecule has 1 amide bonds. The number of amides is 1. The minimum Gasteiger partial charge on any atom is -0.481 e. The molecule has 0 radical (unpaired) electrons. The molecule has 1 aromatic carbocycles. The van der Waals surface area contributed by atoms with Crippen molar-refractivity contribution in [1.29, 1.82) is 0 Å². The number of ketones is 2. The van der Waals surface area contributed by atoms with Crippen LogP contribution in [0.3, 0.4) is 0 Å². The Kier molecular flexibility index (Phi) is 8.53. The summed E-state index contributed by atoms with van der Waals surface area (Å²) >= 11 is 0. The molecule has 6 nitrogen and oxygen atoms in total. The van der Waals surface area contributed by atoms with E-state index in [0.717, 1.165) is 25.7 Å². The number of carboxylic acids is 1. The Balaban J connectivity index is 2.45. The first-order valence-corrected chi connectivity index (χ1v) is 8.48. The standard InChI is InChI=1S/C19H25NO5/c1-13(21)15-10-16(14(2)22)12-17(11-15)19(25)20-9-7-5-3-4-6-8-18(23)24/h10-12H,3-9H2,1-2H3,(H,20,25)(H,23,24). The largest absolute Gasteiger partial charge is 0.481 e. The van der Waals surface area contributed by atoms with Crippen LogP contribution >= 0.6 is 0 Å². The molecule has 0 aliphatic rings. The SMILES string of the molecule is CC(=O)c1cc(C(C)=O)cc(C(=O)NCCCCCCCC(=O)O)c1. The van der Waals surface area contributed by atoms with Crippen molar-refractivity contribution in [2.45, 2.75) is 52.4 Å². The zero-order valence-electron chi connectivity index (χ0n) is 14.8. The monoisotopic (exact) mass is 347 g/mol. The van der Waals surface area contributed by atoms with Crippen molar-refractivity contribution in [3.05, 3.63) is 34.9 Å². The van der Waals surface area contributed by atoms with Crippen molar-refractivity contribution in [2.24, 2.45) is 0 Å². The second-order valence-corrected chi connectivity index (χ2v) is 6.08. The number of hydrogen-bond acceptors (Lipinski definition) is 4. The van der Waals surface area contributed by atoms with Gasteiger partial charge < -0.3 is 10.4 Å². The molecule has 0 atom stereocenters. The number of carboxylic acid groups (broad SMARTS) is 1. The molecule has 0 saturated carbocycles. The van der Waals surface area contributed by atoms with Gasteiger partial charge in [0.05, 0.1) is 0 Å². The summed E-state index contributed by atoms with van der Waals surface area (Å²) in [7, 11) is 0. The zero-order chi connectivity index (χ0) is 18.8. The van der Waals surface area contributed by atoms with Gasteiger partial charge in [0.25, 0.3) is 5.91 Å². The molecule has 6 heteroatoms. The summed E-state index contributed by atoms with van der Waals surface area (Å²) in [4.78, 5) is 45.7. The van der Waals surface area contributed by atoms with Crippen LogP contribution in [0.25, 0.3) is 0 Å². The maximum atomic E-state index is 12.2. The average molecular weight is 347 g/mol. The lowest BCUT2D eigenvalue weighted by atomic mass is 10.0. The Morgan fingerprint density at radius 2 is 1.28 bits per heavy atom. The molecule has 25 heavy (non-hydrogen) atoms. The molecule has 0 spiro atoms. The van der Waals surface area contributed by atoms with Crippen LogP contribution in [0, 0.1) is 0 Å². The van der Waals surface area contributed by atoms with Crippen molar-refractivity contribution in [3.8, 4) is 0 Å². The van der Waals surface area contributed by atoms with Gasteiger partial charge in [-0.05, 0) is 44.9 Å². The van der Waals surface area contributed by atoms with Crippen LogP contribution in [0.15, 0.2) is 18.2 Å². The normalized spacial score (nSPS) is 10.3. The fourth-order valence-corrected chi connectivity index (χ4v) is 2.40. The van der Waals surface area contributed by atoms with Crippen LogP contribution in [0.1, 0.15) is 83.4 Å². The third-order valence-electron chi connectivity index (χ3n) is 3.86. The van der Waals surface area contributed by atoms with E-state index in [-0.39, 0.29) is 23.9 Å². The highest BCUT2D eigenvalue weighted by atomic mass is 16.4. The van der Waals surface area contributed by atoms with Crippen LogP contribution in [0.2, 0.25) is 0 Å². The number of Topliss-reactive ketones (excluding diaryl/α,β-unsaturated/α-hetero) is 2. The minimum atomic E-state index is -0.773. The maximum Gasteiger partial charge on any atom is 0.303 e. The predicted molar refractivity (Wildman–Crippen MR) is 94.1 cm³/mol. The molecule has 0 unspecified atom stereocenters. The Morgan fingerprint density at radius 3 is 1.80 bits per heavy atom. The summed E-state index contributed by atoms with van der Waals surface area (Å²) in [6, 6.07) is 4.49. The second-order valence-electron chi connectivity index (χ2n) is 6.08. The highest BCUT2D eigenvalue weighted by molar-refractivity contribution is 6.04. The lowest BCUT2D eigenvalue weighted by Gasteiger charge is -2.08. The summed E-state index contributed by atoms with van der Waals surface area (Å²) < 4.78 is 0. The molecule has 2 N–H and O–H groups in total. The van der Waals surface area contributed by atoms with Gasteiger partial charge in [0, 0.05) is 29.7 Å². The molecule has 0 aliphatic carbocycles. The molecular weight excluding hydrogens is 322 g/mol. The highest BCUT2D eigenvalue weighted by Crippen LogP contribution is 2.12. The van der Waals surface area contributed by atoms with Crippen molar-refractivity contribution in [2.75, 3.05) is 6.54 Å². The lowest BCUT2D eigenvalue weighted by Crippen LogP contribution is -2.25. The number of hydrogen-bond donors (Lipinski definition) is 2. The molecule has 0 heterocycles. The van der Waals surface area contributed by atoms with Gasteiger partial charge in [-0.15, -0.1) is 0 Å². The first-order valence-electron chi connectivity index (χ1n) is 8.48. The smallest absolute Gasteiger partial charge is 0.303 e. The minimum absolute atomic E-state index is 0.196. The van der Waals surface area contributed by atoms with Gasteiger partial charge in [-0.3, -0.25) is 19.2 Å². The fourth-order valence-electron chi connectivity index (χ4n) is 2.40. The molecule has 1 rings (SSSR count). The zero-order valence-corrected chi connectivity index (χ0v) is 14.8. The molecule has 0 aliphatic heterocycles. The van der Waals surface area contributed by atoms with Gasteiger partial charge in [-0.25, -0.2) is 0 Å².